The lowest BCUT2D eigenvalue weighted by molar-refractivity contribution is 0.0995. The molecule has 4 rings (SSSR count). The molecule has 0 unspecified atom stereocenters. The standard InChI is InChI=1S/C19H24FN5O2S/c1-9-8-28-19-14(18(22)27)17(26)13-12(25(9)19)7-11(15(20)16(13)21)23-10-3-5-24(2)6-4-10/h7,9-10,23H,3-6,8,21H2,1-2H3,(H2,22,27)/t9-/m1/s1. The zero-order valence-corrected chi connectivity index (χ0v) is 16.7. The highest BCUT2D eigenvalue weighted by atomic mass is 32.2. The van der Waals surface area contributed by atoms with Crippen molar-refractivity contribution in [1.29, 1.82) is 0 Å². The number of thioether (sulfide) groups is 1. The Morgan fingerprint density at radius 2 is 2.04 bits per heavy atom. The molecule has 5 N–H and O–H groups in total. The van der Waals surface area contributed by atoms with E-state index in [0.717, 1.165) is 25.9 Å². The Bertz CT molecular complexity index is 1030. The van der Waals surface area contributed by atoms with Gasteiger partial charge in [-0.05, 0) is 46.0 Å². The van der Waals surface area contributed by atoms with E-state index in [4.69, 9.17) is 11.5 Å². The number of pyridine rings is 1. The molecule has 0 spiro atoms. The second-order valence-electron chi connectivity index (χ2n) is 7.67. The molecule has 0 bridgehead atoms. The SMILES string of the molecule is C[C@@H]1CSc2c(C(N)=O)c(=O)c3c(N)c(F)c(NC4CCN(C)CC4)cc3n21. The molecule has 0 radical (unpaired) electrons. The van der Waals surface area contributed by atoms with Crippen molar-refractivity contribution in [2.45, 2.75) is 36.9 Å². The van der Waals surface area contributed by atoms with Gasteiger partial charge in [-0.25, -0.2) is 4.39 Å². The third-order valence-corrected chi connectivity index (χ3v) is 6.98. The number of rotatable bonds is 3. The van der Waals surface area contributed by atoms with Crippen LogP contribution < -0.4 is 22.2 Å². The van der Waals surface area contributed by atoms with Gasteiger partial charge in [0.05, 0.1) is 27.3 Å². The molecule has 1 aromatic heterocycles. The van der Waals surface area contributed by atoms with E-state index in [1.165, 1.54) is 11.8 Å². The number of carbonyl (C=O) groups excluding carboxylic acids is 1. The van der Waals surface area contributed by atoms with Gasteiger partial charge in [-0.1, -0.05) is 0 Å². The van der Waals surface area contributed by atoms with Crippen molar-refractivity contribution in [3.63, 3.8) is 0 Å². The van der Waals surface area contributed by atoms with Crippen LogP contribution in [0.2, 0.25) is 0 Å². The summed E-state index contributed by atoms with van der Waals surface area (Å²) in [7, 11) is 2.07. The molecule has 1 saturated heterocycles. The molecule has 1 aromatic carbocycles. The summed E-state index contributed by atoms with van der Waals surface area (Å²) in [6.07, 6.45) is 1.80. The maximum atomic E-state index is 15.1. The number of nitrogen functional groups attached to an aromatic ring is 1. The summed E-state index contributed by atoms with van der Waals surface area (Å²) >= 11 is 1.41. The lowest BCUT2D eigenvalue weighted by Gasteiger charge is -2.30. The van der Waals surface area contributed by atoms with Gasteiger partial charge in [0.25, 0.3) is 5.91 Å². The number of aromatic nitrogens is 1. The molecule has 1 fully saturated rings. The van der Waals surface area contributed by atoms with Gasteiger partial charge in [0.15, 0.2) is 5.82 Å². The fraction of sp³-hybridized carbons (Fsp3) is 0.474. The summed E-state index contributed by atoms with van der Waals surface area (Å²) in [4.78, 5) is 27.1. The molecule has 2 aliphatic rings. The fourth-order valence-corrected chi connectivity index (χ4v) is 5.40. The van der Waals surface area contributed by atoms with Gasteiger partial charge in [0.2, 0.25) is 5.43 Å². The van der Waals surface area contributed by atoms with Crippen LogP contribution in [-0.2, 0) is 0 Å². The summed E-state index contributed by atoms with van der Waals surface area (Å²) in [6, 6.07) is 1.82. The van der Waals surface area contributed by atoms with E-state index in [9.17, 15) is 9.59 Å². The minimum absolute atomic E-state index is 0.0262. The van der Waals surface area contributed by atoms with E-state index in [2.05, 4.69) is 17.3 Å². The number of primary amides is 1. The number of benzene rings is 1. The van der Waals surface area contributed by atoms with Crippen LogP contribution in [0.5, 0.6) is 0 Å². The van der Waals surface area contributed by atoms with Gasteiger partial charge in [-0.15, -0.1) is 11.8 Å². The van der Waals surface area contributed by atoms with Crippen LogP contribution in [-0.4, -0.2) is 47.3 Å². The Kier molecular flexibility index (Phi) is 4.75. The summed E-state index contributed by atoms with van der Waals surface area (Å²) in [5, 5.41) is 3.83. The van der Waals surface area contributed by atoms with Gasteiger partial charge in [0, 0.05) is 17.8 Å². The van der Waals surface area contributed by atoms with E-state index in [1.54, 1.807) is 6.07 Å². The molecule has 0 saturated carbocycles. The first-order chi connectivity index (χ1) is 13.3. The van der Waals surface area contributed by atoms with Crippen LogP contribution in [0.3, 0.4) is 0 Å². The third kappa shape index (κ3) is 2.93. The van der Waals surface area contributed by atoms with E-state index in [0.29, 0.717) is 22.0 Å². The minimum atomic E-state index is -0.814. The Labute approximate surface area is 166 Å². The van der Waals surface area contributed by atoms with Gasteiger partial charge in [0.1, 0.15) is 5.56 Å². The van der Waals surface area contributed by atoms with Crippen molar-refractivity contribution in [2.24, 2.45) is 5.73 Å². The summed E-state index contributed by atoms with van der Waals surface area (Å²) in [5.74, 6) is -0.767. The lowest BCUT2D eigenvalue weighted by atomic mass is 10.0. The average Bonchev–Trinajstić information content (AvgIpc) is 3.02. The second kappa shape index (κ2) is 6.97. The number of anilines is 2. The first kappa shape index (κ1) is 19.1. The van der Waals surface area contributed by atoms with Crippen molar-refractivity contribution in [3.8, 4) is 0 Å². The number of nitrogens with two attached hydrogens (primary N) is 2. The summed E-state index contributed by atoms with van der Waals surface area (Å²) in [5.41, 5.74) is 11.4. The largest absolute Gasteiger partial charge is 0.396 e. The van der Waals surface area contributed by atoms with Gasteiger partial charge in [-0.3, -0.25) is 9.59 Å². The molecule has 7 nitrogen and oxygen atoms in total. The Hall–Kier alpha value is -2.26. The van der Waals surface area contributed by atoms with Crippen LogP contribution in [0.1, 0.15) is 36.2 Å². The monoisotopic (exact) mass is 405 g/mol. The van der Waals surface area contributed by atoms with Crippen molar-refractivity contribution < 1.29 is 9.18 Å². The van der Waals surface area contributed by atoms with E-state index in [-0.39, 0.29) is 28.7 Å². The predicted octanol–water partition coefficient (Wildman–Crippen LogP) is 1.99. The quantitative estimate of drug-likeness (QED) is 0.675. The summed E-state index contributed by atoms with van der Waals surface area (Å²) in [6.45, 7) is 3.86. The zero-order valence-electron chi connectivity index (χ0n) is 15.9. The maximum absolute atomic E-state index is 15.1. The highest BCUT2D eigenvalue weighted by molar-refractivity contribution is 7.99. The Morgan fingerprint density at radius 1 is 1.36 bits per heavy atom. The molecular formula is C19H24FN5O2S. The van der Waals surface area contributed by atoms with E-state index in [1.807, 2.05) is 11.5 Å². The Morgan fingerprint density at radius 3 is 2.68 bits per heavy atom. The number of nitrogens with one attached hydrogen (secondary N) is 1. The number of nitrogens with zero attached hydrogens (tertiary/aromatic N) is 2. The van der Waals surface area contributed by atoms with Crippen LogP contribution in [0, 0.1) is 5.82 Å². The highest BCUT2D eigenvalue weighted by Crippen LogP contribution is 2.40. The van der Waals surface area contributed by atoms with Gasteiger partial charge in [-0.2, -0.15) is 0 Å². The fourth-order valence-electron chi connectivity index (χ4n) is 4.09. The number of amides is 1. The first-order valence-corrected chi connectivity index (χ1v) is 10.4. The van der Waals surface area contributed by atoms with Gasteiger partial charge >= 0.3 is 0 Å². The van der Waals surface area contributed by atoms with Crippen molar-refractivity contribution in [2.75, 3.05) is 36.9 Å². The van der Waals surface area contributed by atoms with Crippen molar-refractivity contribution in [1.82, 2.24) is 9.47 Å². The minimum Gasteiger partial charge on any atom is -0.396 e. The molecule has 0 aliphatic carbocycles. The van der Waals surface area contributed by atoms with Crippen LogP contribution in [0.15, 0.2) is 15.9 Å². The maximum Gasteiger partial charge on any atom is 0.255 e. The predicted molar refractivity (Wildman–Crippen MR) is 111 cm³/mol. The molecule has 1 atom stereocenters. The number of fused-ring (bicyclic) bond motifs is 3. The van der Waals surface area contributed by atoms with Crippen LogP contribution in [0.25, 0.3) is 10.9 Å². The number of likely N-dealkylation sites (tertiary alicyclic amines) is 1. The van der Waals surface area contributed by atoms with Crippen molar-refractivity contribution in [3.05, 3.63) is 27.7 Å². The smallest absolute Gasteiger partial charge is 0.255 e. The Balaban J connectivity index is 1.91. The molecule has 9 heteroatoms. The molecule has 2 aliphatic heterocycles. The third-order valence-electron chi connectivity index (χ3n) is 5.65. The number of hydrogen-bond donors (Lipinski definition) is 3. The highest BCUT2D eigenvalue weighted by Gasteiger charge is 2.31. The normalized spacial score (nSPS) is 20.5. The molecule has 2 aromatic rings. The van der Waals surface area contributed by atoms with E-state index < -0.39 is 17.2 Å². The molecule has 150 valence electrons. The molecule has 3 heterocycles. The van der Waals surface area contributed by atoms with Crippen LogP contribution in [0.4, 0.5) is 15.8 Å². The summed E-state index contributed by atoms with van der Waals surface area (Å²) < 4.78 is 16.9. The number of halogens is 1. The molecule has 1 amide bonds. The zero-order chi connectivity index (χ0) is 20.2. The number of piperidine rings is 1. The average molecular weight is 405 g/mol. The van der Waals surface area contributed by atoms with Crippen molar-refractivity contribution >= 4 is 39.9 Å². The van der Waals surface area contributed by atoms with Crippen LogP contribution >= 0.6 is 11.8 Å². The van der Waals surface area contributed by atoms with Gasteiger partial charge < -0.3 is 26.3 Å². The lowest BCUT2D eigenvalue weighted by Crippen LogP contribution is -2.37. The van der Waals surface area contributed by atoms with E-state index >= 15 is 4.39 Å². The topological polar surface area (TPSA) is 106 Å². The number of hydrogen-bond acceptors (Lipinski definition) is 6. The molecule has 28 heavy (non-hydrogen) atoms. The molecular weight excluding hydrogens is 381 g/mol. The second-order valence-corrected chi connectivity index (χ2v) is 8.68. The number of carbonyl (C=O) groups is 1. The first-order valence-electron chi connectivity index (χ1n) is 9.37.